The Balaban J connectivity index is 1.15. The number of pyridine rings is 2. The first-order valence-electron chi connectivity index (χ1n) is 18.4. The molecule has 0 aliphatic heterocycles. The summed E-state index contributed by atoms with van der Waals surface area (Å²) in [6.07, 6.45) is 7.17. The molecule has 6 aromatic carbocycles. The highest BCUT2D eigenvalue weighted by molar-refractivity contribution is 6.07. The van der Waals surface area contributed by atoms with Crippen molar-refractivity contribution in [2.75, 3.05) is 0 Å². The van der Waals surface area contributed by atoms with Gasteiger partial charge in [0.1, 0.15) is 22.3 Å². The van der Waals surface area contributed by atoms with Gasteiger partial charge in [-0.3, -0.25) is 9.97 Å². The van der Waals surface area contributed by atoms with Gasteiger partial charge in [0, 0.05) is 68.6 Å². The molecule has 0 saturated carbocycles. The Kier molecular flexibility index (Phi) is 7.35. The van der Waals surface area contributed by atoms with Crippen LogP contribution in [0.4, 0.5) is 0 Å². The van der Waals surface area contributed by atoms with Gasteiger partial charge < -0.3 is 8.83 Å². The molecule has 0 unspecified atom stereocenters. The molecule has 11 rings (SSSR count). The lowest BCUT2D eigenvalue weighted by molar-refractivity contribution is 0.668. The van der Waals surface area contributed by atoms with Crippen LogP contribution in [0.25, 0.3) is 111 Å². The van der Waals surface area contributed by atoms with Crippen LogP contribution in [-0.2, 0) is 0 Å². The Hall–Kier alpha value is -7.77. The third kappa shape index (κ3) is 5.49. The summed E-state index contributed by atoms with van der Waals surface area (Å²) in [4.78, 5) is 24.2. The number of nitrogens with zero attached hydrogens (tertiary/aromatic N) is 5. The molecule has 5 aromatic heterocycles. The van der Waals surface area contributed by atoms with E-state index in [1.807, 2.05) is 85.1 Å². The molecule has 0 spiro atoms. The van der Waals surface area contributed by atoms with Crippen molar-refractivity contribution in [3.63, 3.8) is 0 Å². The first kappa shape index (κ1) is 31.7. The summed E-state index contributed by atoms with van der Waals surface area (Å²) < 4.78 is 12.4. The van der Waals surface area contributed by atoms with Crippen molar-refractivity contribution >= 4 is 43.9 Å². The Morgan fingerprint density at radius 1 is 0.304 bits per heavy atom. The van der Waals surface area contributed by atoms with Crippen LogP contribution in [0.3, 0.4) is 0 Å². The minimum atomic E-state index is 0.531. The van der Waals surface area contributed by atoms with Crippen molar-refractivity contribution in [2.24, 2.45) is 0 Å². The predicted molar refractivity (Wildman–Crippen MR) is 223 cm³/mol. The molecule has 0 aliphatic carbocycles. The molecule has 7 heteroatoms. The van der Waals surface area contributed by atoms with Crippen molar-refractivity contribution in [1.82, 2.24) is 24.9 Å². The first-order chi connectivity index (χ1) is 27.7. The smallest absolute Gasteiger partial charge is 0.165 e. The van der Waals surface area contributed by atoms with Gasteiger partial charge in [-0.1, -0.05) is 78.9 Å². The molecular weight excluding hydrogens is 691 g/mol. The van der Waals surface area contributed by atoms with E-state index in [4.69, 9.17) is 23.8 Å². The summed E-state index contributed by atoms with van der Waals surface area (Å²) in [5, 5.41) is 4.27. The number of fused-ring (bicyclic) bond motifs is 6. The van der Waals surface area contributed by atoms with E-state index in [0.717, 1.165) is 93.9 Å². The van der Waals surface area contributed by atoms with E-state index in [1.54, 1.807) is 18.6 Å². The topological polar surface area (TPSA) is 90.7 Å². The summed E-state index contributed by atoms with van der Waals surface area (Å²) in [5.41, 5.74) is 12.0. The van der Waals surface area contributed by atoms with Crippen molar-refractivity contribution < 1.29 is 8.83 Å². The number of hydrogen-bond donors (Lipinski definition) is 0. The van der Waals surface area contributed by atoms with E-state index in [9.17, 15) is 0 Å². The SMILES string of the molecule is c1cncc(-c2nc(-c3cc(-c4ccc5oc6ccccc6c5c4)cc(-c4ccc5oc6ccccc6c5c4)c3)nc(-c3ccccc3-c3cccnc3)n2)c1. The van der Waals surface area contributed by atoms with E-state index < -0.39 is 0 Å². The van der Waals surface area contributed by atoms with E-state index >= 15 is 0 Å². The van der Waals surface area contributed by atoms with Crippen LogP contribution in [0.1, 0.15) is 0 Å². The summed E-state index contributed by atoms with van der Waals surface area (Å²) in [5.74, 6) is 1.63. The third-order valence-electron chi connectivity index (χ3n) is 10.3. The molecule has 0 saturated heterocycles. The average molecular weight is 720 g/mol. The summed E-state index contributed by atoms with van der Waals surface area (Å²) in [6, 6.07) is 51.6. The summed E-state index contributed by atoms with van der Waals surface area (Å²) in [7, 11) is 0. The highest BCUT2D eigenvalue weighted by Gasteiger charge is 2.18. The first-order valence-corrected chi connectivity index (χ1v) is 18.4. The van der Waals surface area contributed by atoms with Crippen molar-refractivity contribution in [1.29, 1.82) is 0 Å². The molecule has 0 aliphatic rings. The van der Waals surface area contributed by atoms with E-state index in [0.29, 0.717) is 17.5 Å². The molecule has 0 atom stereocenters. The third-order valence-corrected chi connectivity index (χ3v) is 10.3. The van der Waals surface area contributed by atoms with Gasteiger partial charge in [-0.15, -0.1) is 0 Å². The van der Waals surface area contributed by atoms with Crippen molar-refractivity contribution in [3.8, 4) is 67.5 Å². The minimum absolute atomic E-state index is 0.531. The molecule has 262 valence electrons. The Labute approximate surface area is 320 Å². The molecule has 0 radical (unpaired) electrons. The summed E-state index contributed by atoms with van der Waals surface area (Å²) >= 11 is 0. The van der Waals surface area contributed by atoms with Crippen LogP contribution < -0.4 is 0 Å². The van der Waals surface area contributed by atoms with Crippen LogP contribution in [0.5, 0.6) is 0 Å². The lowest BCUT2D eigenvalue weighted by Gasteiger charge is -2.14. The highest BCUT2D eigenvalue weighted by atomic mass is 16.3. The largest absolute Gasteiger partial charge is 0.456 e. The van der Waals surface area contributed by atoms with Gasteiger partial charge in [-0.2, -0.15) is 0 Å². The monoisotopic (exact) mass is 719 g/mol. The van der Waals surface area contributed by atoms with Gasteiger partial charge >= 0.3 is 0 Å². The number of furan rings is 2. The second kappa shape index (κ2) is 13.0. The van der Waals surface area contributed by atoms with Gasteiger partial charge in [-0.05, 0) is 101 Å². The molecule has 0 amide bonds. The fourth-order valence-electron chi connectivity index (χ4n) is 7.60. The maximum atomic E-state index is 6.20. The Morgan fingerprint density at radius 3 is 1.38 bits per heavy atom. The quantitative estimate of drug-likeness (QED) is 0.169. The number of para-hydroxylation sites is 2. The van der Waals surface area contributed by atoms with Gasteiger partial charge in [0.05, 0.1) is 0 Å². The van der Waals surface area contributed by atoms with Gasteiger partial charge in [0.2, 0.25) is 0 Å². The molecule has 7 nitrogen and oxygen atoms in total. The molecule has 5 heterocycles. The van der Waals surface area contributed by atoms with E-state index in [-0.39, 0.29) is 0 Å². The lowest BCUT2D eigenvalue weighted by atomic mass is 9.94. The van der Waals surface area contributed by atoms with Crippen LogP contribution >= 0.6 is 0 Å². The predicted octanol–water partition coefficient (Wildman–Crippen LogP) is 12.5. The Morgan fingerprint density at radius 2 is 0.786 bits per heavy atom. The van der Waals surface area contributed by atoms with Crippen LogP contribution in [0.2, 0.25) is 0 Å². The fourth-order valence-corrected chi connectivity index (χ4v) is 7.60. The molecule has 0 N–H and O–H groups in total. The number of aromatic nitrogens is 5. The molecular formula is C49H29N5O2. The highest BCUT2D eigenvalue weighted by Crippen LogP contribution is 2.39. The maximum Gasteiger partial charge on any atom is 0.165 e. The van der Waals surface area contributed by atoms with E-state index in [2.05, 4.69) is 82.8 Å². The fraction of sp³-hybridized carbons (Fsp3) is 0. The van der Waals surface area contributed by atoms with Crippen LogP contribution in [0, 0.1) is 0 Å². The van der Waals surface area contributed by atoms with Gasteiger partial charge in [0.15, 0.2) is 17.5 Å². The molecule has 0 bridgehead atoms. The second-order valence-corrected chi connectivity index (χ2v) is 13.8. The average Bonchev–Trinajstić information content (AvgIpc) is 3.84. The molecule has 11 aromatic rings. The van der Waals surface area contributed by atoms with Crippen LogP contribution in [0.15, 0.2) is 185 Å². The van der Waals surface area contributed by atoms with Crippen molar-refractivity contribution in [2.45, 2.75) is 0 Å². The lowest BCUT2D eigenvalue weighted by Crippen LogP contribution is -2.01. The molecule has 0 fully saturated rings. The zero-order valence-corrected chi connectivity index (χ0v) is 29.8. The normalized spacial score (nSPS) is 11.6. The maximum absolute atomic E-state index is 6.20. The zero-order valence-electron chi connectivity index (χ0n) is 29.8. The van der Waals surface area contributed by atoms with E-state index in [1.165, 1.54) is 0 Å². The van der Waals surface area contributed by atoms with Crippen LogP contribution in [-0.4, -0.2) is 24.9 Å². The second-order valence-electron chi connectivity index (χ2n) is 13.8. The standard InChI is InChI=1S/C49H29N5O2/c1-2-14-40(37(11-1)32-9-7-21-50-28-32)49-53-47(33-10-8-22-51-29-33)52-48(54-49)36-24-34(30-17-19-45-41(26-30)38-12-3-5-15-43(38)55-45)23-35(25-36)31-18-20-46-42(27-31)39-13-4-6-16-44(39)56-46/h1-29H. The van der Waals surface area contributed by atoms with Gasteiger partial charge in [-0.25, -0.2) is 15.0 Å². The zero-order chi connectivity index (χ0) is 37.0. The molecule has 56 heavy (non-hydrogen) atoms. The summed E-state index contributed by atoms with van der Waals surface area (Å²) in [6.45, 7) is 0. The minimum Gasteiger partial charge on any atom is -0.456 e. The van der Waals surface area contributed by atoms with Gasteiger partial charge in [0.25, 0.3) is 0 Å². The Bertz CT molecular complexity index is 3130. The number of rotatable bonds is 6. The number of benzene rings is 6. The van der Waals surface area contributed by atoms with Crippen molar-refractivity contribution in [3.05, 3.63) is 176 Å². The number of hydrogen-bond acceptors (Lipinski definition) is 7.